The van der Waals surface area contributed by atoms with Gasteiger partial charge in [0.2, 0.25) is 11.8 Å². The molecule has 1 aliphatic rings. The number of hydrogen-bond acceptors (Lipinski definition) is 8. The summed E-state index contributed by atoms with van der Waals surface area (Å²) in [5, 5.41) is 31.0. The maximum atomic E-state index is 9.04. The summed E-state index contributed by atoms with van der Waals surface area (Å²) < 4.78 is 9.78. The van der Waals surface area contributed by atoms with Crippen LogP contribution in [0.4, 0.5) is 5.95 Å². The van der Waals surface area contributed by atoms with E-state index in [1.165, 1.54) is 6.08 Å². The van der Waals surface area contributed by atoms with Crippen molar-refractivity contribution < 1.29 is 4.74 Å². The lowest BCUT2D eigenvalue weighted by Crippen LogP contribution is -2.22. The quantitative estimate of drug-likeness (QED) is 0.359. The highest BCUT2D eigenvalue weighted by Crippen LogP contribution is 2.43. The van der Waals surface area contributed by atoms with E-state index >= 15 is 0 Å². The predicted molar refractivity (Wildman–Crippen MR) is 134 cm³/mol. The topological polar surface area (TPSA) is 130 Å². The first-order valence-corrected chi connectivity index (χ1v) is 11.7. The Morgan fingerprint density at radius 2 is 1.94 bits per heavy atom. The van der Waals surface area contributed by atoms with E-state index in [0.717, 1.165) is 36.0 Å². The summed E-state index contributed by atoms with van der Waals surface area (Å²) in [7, 11) is 1.85. The lowest BCUT2D eigenvalue weighted by atomic mass is 10.1. The van der Waals surface area contributed by atoms with Gasteiger partial charge in [0.1, 0.15) is 11.1 Å². The number of fused-ring (bicyclic) bond motifs is 1. The Hall–Kier alpha value is -4.70. The van der Waals surface area contributed by atoms with E-state index in [-0.39, 0.29) is 5.54 Å². The highest BCUT2D eigenvalue weighted by Gasteiger charge is 2.43. The Bertz CT molecular complexity index is 1540. The average Bonchev–Trinajstić information content (AvgIpc) is 3.24. The molecular formula is C26H25N9O. The van der Waals surface area contributed by atoms with Crippen LogP contribution in [0.2, 0.25) is 0 Å². The van der Waals surface area contributed by atoms with Gasteiger partial charge in [-0.25, -0.2) is 4.68 Å². The van der Waals surface area contributed by atoms with Crippen molar-refractivity contribution in [3.63, 3.8) is 0 Å². The van der Waals surface area contributed by atoms with Crippen molar-refractivity contribution in [1.29, 1.82) is 10.5 Å². The number of anilines is 1. The van der Waals surface area contributed by atoms with Crippen LogP contribution in [0.15, 0.2) is 36.7 Å². The predicted octanol–water partition coefficient (Wildman–Crippen LogP) is 4.74. The van der Waals surface area contributed by atoms with E-state index in [0.29, 0.717) is 40.8 Å². The lowest BCUT2D eigenvalue weighted by molar-refractivity contribution is 0.461. The van der Waals surface area contributed by atoms with Crippen LogP contribution >= 0.6 is 0 Å². The minimum Gasteiger partial charge on any atom is -0.437 e. The van der Waals surface area contributed by atoms with Gasteiger partial charge in [0.25, 0.3) is 0 Å². The van der Waals surface area contributed by atoms with E-state index in [9.17, 15) is 0 Å². The minimum absolute atomic E-state index is 0.162. The first-order valence-electron chi connectivity index (χ1n) is 11.7. The van der Waals surface area contributed by atoms with Crippen molar-refractivity contribution >= 4 is 23.1 Å². The standard InChI is InChI=1S/C26H25N9O/c1-17-14-19(6-4-11-27)15-18(2)22(17)36-24-20-16-35(21-7-13-34(3)32-21)33-23(20)29-25(30-24)31-26(9-10-26)8-5-12-28/h4,6-7,13-16H,5,8-10H2,1-3H3,(H,29,31,33)/b6-4+. The molecule has 10 nitrogen and oxygen atoms in total. The molecule has 5 rings (SSSR count). The molecule has 0 atom stereocenters. The zero-order valence-electron chi connectivity index (χ0n) is 20.4. The van der Waals surface area contributed by atoms with Crippen molar-refractivity contribution in [2.75, 3.05) is 5.32 Å². The van der Waals surface area contributed by atoms with Crippen LogP contribution in [0.3, 0.4) is 0 Å². The maximum absolute atomic E-state index is 9.04. The second-order valence-electron chi connectivity index (χ2n) is 9.12. The molecule has 3 aromatic heterocycles. The van der Waals surface area contributed by atoms with E-state index in [1.807, 2.05) is 57.6 Å². The number of nitriles is 2. The van der Waals surface area contributed by atoms with Crippen molar-refractivity contribution in [2.45, 2.75) is 45.1 Å². The summed E-state index contributed by atoms with van der Waals surface area (Å²) in [5.74, 6) is 2.14. The Kier molecular flexibility index (Phi) is 5.87. The first-order chi connectivity index (χ1) is 17.4. The third-order valence-corrected chi connectivity index (χ3v) is 6.26. The third-order valence-electron chi connectivity index (χ3n) is 6.26. The van der Waals surface area contributed by atoms with E-state index in [4.69, 9.17) is 20.2 Å². The Balaban J connectivity index is 1.57. The van der Waals surface area contributed by atoms with Gasteiger partial charge in [-0.1, -0.05) is 0 Å². The number of allylic oxidation sites excluding steroid dienone is 1. The zero-order chi connectivity index (χ0) is 25.3. The molecule has 1 fully saturated rings. The van der Waals surface area contributed by atoms with Gasteiger partial charge in [0, 0.05) is 43.5 Å². The fourth-order valence-electron chi connectivity index (χ4n) is 4.25. The van der Waals surface area contributed by atoms with Gasteiger partial charge >= 0.3 is 0 Å². The summed E-state index contributed by atoms with van der Waals surface area (Å²) in [6.07, 6.45) is 10.0. The van der Waals surface area contributed by atoms with Gasteiger partial charge in [0.05, 0.1) is 12.1 Å². The number of rotatable bonds is 8. The minimum atomic E-state index is -0.162. The molecule has 10 heteroatoms. The van der Waals surface area contributed by atoms with Gasteiger partial charge in [0.15, 0.2) is 11.5 Å². The summed E-state index contributed by atoms with van der Waals surface area (Å²) in [6, 6.07) is 10.0. The average molecular weight is 480 g/mol. The molecule has 0 unspecified atom stereocenters. The second-order valence-corrected chi connectivity index (χ2v) is 9.12. The van der Waals surface area contributed by atoms with E-state index in [2.05, 4.69) is 26.6 Å². The molecule has 1 aliphatic carbocycles. The molecule has 1 N–H and O–H groups in total. The summed E-state index contributed by atoms with van der Waals surface area (Å²) in [5.41, 5.74) is 3.07. The molecule has 180 valence electrons. The number of hydrogen-bond donors (Lipinski definition) is 1. The molecule has 0 aliphatic heterocycles. The van der Waals surface area contributed by atoms with Crippen LogP contribution in [0, 0.1) is 36.5 Å². The van der Waals surface area contributed by atoms with Crippen LogP contribution in [0.25, 0.3) is 22.9 Å². The molecular weight excluding hydrogens is 454 g/mol. The van der Waals surface area contributed by atoms with Crippen LogP contribution in [-0.4, -0.2) is 35.1 Å². The van der Waals surface area contributed by atoms with Crippen molar-refractivity contribution in [3.05, 3.63) is 53.4 Å². The fraction of sp³-hybridized carbons (Fsp3) is 0.308. The van der Waals surface area contributed by atoms with Crippen LogP contribution in [0.1, 0.15) is 42.4 Å². The number of aromatic nitrogens is 6. The van der Waals surface area contributed by atoms with Crippen LogP contribution in [-0.2, 0) is 7.05 Å². The molecule has 0 spiro atoms. The van der Waals surface area contributed by atoms with Crippen LogP contribution in [0.5, 0.6) is 11.6 Å². The third kappa shape index (κ3) is 4.62. The summed E-state index contributed by atoms with van der Waals surface area (Å²) in [4.78, 5) is 9.40. The SMILES string of the molecule is Cc1cc(/C=C/C#N)cc(C)c1Oc1nc(NC2(CCC#N)CC2)nc2nn(-c3ccn(C)n3)cc12. The molecule has 0 saturated heterocycles. The van der Waals surface area contributed by atoms with E-state index in [1.54, 1.807) is 15.4 Å². The zero-order valence-corrected chi connectivity index (χ0v) is 20.4. The summed E-state index contributed by atoms with van der Waals surface area (Å²) in [6.45, 7) is 3.92. The molecule has 3 heterocycles. The lowest BCUT2D eigenvalue weighted by Gasteiger charge is -2.17. The Morgan fingerprint density at radius 3 is 2.58 bits per heavy atom. The van der Waals surface area contributed by atoms with Gasteiger partial charge in [-0.05, 0) is 68.0 Å². The Labute approximate surface area is 208 Å². The number of benzene rings is 1. The smallest absolute Gasteiger partial charge is 0.235 e. The first kappa shape index (κ1) is 23.1. The van der Waals surface area contributed by atoms with Crippen molar-refractivity contribution in [2.24, 2.45) is 7.05 Å². The normalized spacial score (nSPS) is 14.0. The molecule has 0 radical (unpaired) electrons. The van der Waals surface area contributed by atoms with Gasteiger partial charge in [-0.3, -0.25) is 4.68 Å². The largest absolute Gasteiger partial charge is 0.437 e. The monoisotopic (exact) mass is 479 g/mol. The van der Waals surface area contributed by atoms with Gasteiger partial charge < -0.3 is 10.1 Å². The molecule has 1 aromatic carbocycles. The Morgan fingerprint density at radius 1 is 1.17 bits per heavy atom. The highest BCUT2D eigenvalue weighted by molar-refractivity contribution is 5.82. The number of ether oxygens (including phenoxy) is 1. The second kappa shape index (κ2) is 9.16. The number of nitrogens with one attached hydrogen (secondary N) is 1. The highest BCUT2D eigenvalue weighted by atomic mass is 16.5. The van der Waals surface area contributed by atoms with E-state index < -0.39 is 0 Å². The molecule has 1 saturated carbocycles. The molecule has 4 aromatic rings. The molecule has 0 amide bonds. The number of nitrogens with zero attached hydrogens (tertiary/aromatic N) is 8. The molecule has 36 heavy (non-hydrogen) atoms. The molecule has 0 bridgehead atoms. The maximum Gasteiger partial charge on any atom is 0.235 e. The fourth-order valence-corrected chi connectivity index (χ4v) is 4.25. The summed E-state index contributed by atoms with van der Waals surface area (Å²) >= 11 is 0. The van der Waals surface area contributed by atoms with Gasteiger partial charge in [-0.2, -0.15) is 25.6 Å². The van der Waals surface area contributed by atoms with Crippen LogP contribution < -0.4 is 10.1 Å². The number of aryl methyl sites for hydroxylation is 3. The van der Waals surface area contributed by atoms with Crippen molar-refractivity contribution in [3.8, 4) is 29.6 Å². The van der Waals surface area contributed by atoms with Gasteiger partial charge in [-0.15, -0.1) is 5.10 Å². The van der Waals surface area contributed by atoms with Crippen molar-refractivity contribution in [1.82, 2.24) is 29.5 Å².